The Kier molecular flexibility index (Phi) is 5.86. The van der Waals surface area contributed by atoms with Crippen molar-refractivity contribution in [3.8, 4) is 5.75 Å². The maximum atomic E-state index is 12.3. The van der Waals surface area contributed by atoms with Gasteiger partial charge in [-0.2, -0.15) is 0 Å². The molecule has 0 bridgehead atoms. The number of aromatic amines is 1. The molecule has 0 saturated carbocycles. The number of hydrogen-bond acceptors (Lipinski definition) is 5. The van der Waals surface area contributed by atoms with Crippen LogP contribution < -0.4 is 15.6 Å². The molecule has 0 aliphatic carbocycles. The molecule has 3 aromatic rings. The number of rotatable bonds is 7. The van der Waals surface area contributed by atoms with Crippen molar-refractivity contribution in [2.24, 2.45) is 0 Å². The molecular formula is C21H24N4O2. The highest BCUT2D eigenvalue weighted by atomic mass is 16.5. The monoisotopic (exact) mass is 364 g/mol. The lowest BCUT2D eigenvalue weighted by atomic mass is 10.0. The van der Waals surface area contributed by atoms with Crippen LogP contribution in [0.5, 0.6) is 5.75 Å². The lowest BCUT2D eigenvalue weighted by molar-refractivity contribution is 0.340. The average Bonchev–Trinajstić information content (AvgIpc) is 2.66. The number of anilines is 2. The van der Waals surface area contributed by atoms with Gasteiger partial charge in [0.25, 0.3) is 5.56 Å². The largest absolute Gasteiger partial charge is 0.494 e. The molecule has 0 fully saturated rings. The normalized spacial score (nSPS) is 10.8. The number of H-pyrrole nitrogens is 1. The number of benzene rings is 2. The quantitative estimate of drug-likeness (QED) is 0.662. The van der Waals surface area contributed by atoms with E-state index in [9.17, 15) is 4.79 Å². The molecule has 0 saturated heterocycles. The number of ether oxygens (including phenoxy) is 1. The number of aromatic nitrogens is 3. The zero-order chi connectivity index (χ0) is 19.2. The van der Waals surface area contributed by atoms with Crippen molar-refractivity contribution in [1.29, 1.82) is 0 Å². The van der Waals surface area contributed by atoms with E-state index in [0.29, 0.717) is 30.6 Å². The predicted molar refractivity (Wildman–Crippen MR) is 107 cm³/mol. The Hall–Kier alpha value is -3.15. The Balaban J connectivity index is 1.68. The van der Waals surface area contributed by atoms with Crippen LogP contribution in [0.3, 0.4) is 0 Å². The number of nitrogens with one attached hydrogen (secondary N) is 2. The van der Waals surface area contributed by atoms with Gasteiger partial charge >= 0.3 is 0 Å². The second-order valence-electron chi connectivity index (χ2n) is 6.60. The summed E-state index contributed by atoms with van der Waals surface area (Å²) in [6, 6.07) is 15.7. The first kappa shape index (κ1) is 18.6. The Morgan fingerprint density at radius 3 is 2.33 bits per heavy atom. The van der Waals surface area contributed by atoms with Gasteiger partial charge in [-0.1, -0.05) is 38.1 Å². The van der Waals surface area contributed by atoms with Gasteiger partial charge in [-0.3, -0.25) is 9.78 Å². The van der Waals surface area contributed by atoms with Crippen LogP contribution in [0.15, 0.2) is 53.3 Å². The fourth-order valence-corrected chi connectivity index (χ4v) is 2.68. The lowest BCUT2D eigenvalue weighted by Crippen LogP contribution is -2.18. The maximum Gasteiger partial charge on any atom is 0.274 e. The van der Waals surface area contributed by atoms with E-state index in [1.54, 1.807) is 0 Å². The summed E-state index contributed by atoms with van der Waals surface area (Å²) in [5, 5.41) is 11.2. The molecule has 140 valence electrons. The molecule has 6 nitrogen and oxygen atoms in total. The van der Waals surface area contributed by atoms with Gasteiger partial charge in [0.1, 0.15) is 11.4 Å². The zero-order valence-corrected chi connectivity index (χ0v) is 15.8. The third kappa shape index (κ3) is 4.94. The van der Waals surface area contributed by atoms with Crippen molar-refractivity contribution < 1.29 is 4.74 Å². The van der Waals surface area contributed by atoms with Crippen LogP contribution in [0.25, 0.3) is 0 Å². The molecule has 1 aromatic heterocycles. The van der Waals surface area contributed by atoms with Crippen LogP contribution >= 0.6 is 0 Å². The molecule has 3 rings (SSSR count). The predicted octanol–water partition coefficient (Wildman–Crippen LogP) is 4.02. The highest BCUT2D eigenvalue weighted by Gasteiger charge is 2.07. The minimum atomic E-state index is -0.244. The fraction of sp³-hybridized carbons (Fsp3) is 0.286. The Labute approximate surface area is 158 Å². The van der Waals surface area contributed by atoms with Gasteiger partial charge in [0.15, 0.2) is 0 Å². The third-order valence-corrected chi connectivity index (χ3v) is 4.21. The zero-order valence-electron chi connectivity index (χ0n) is 15.8. The van der Waals surface area contributed by atoms with E-state index in [4.69, 9.17) is 4.74 Å². The minimum absolute atomic E-state index is 0.244. The van der Waals surface area contributed by atoms with Crippen LogP contribution in [0, 0.1) is 0 Å². The first-order valence-corrected chi connectivity index (χ1v) is 9.09. The van der Waals surface area contributed by atoms with Crippen molar-refractivity contribution >= 4 is 11.6 Å². The van der Waals surface area contributed by atoms with Crippen LogP contribution in [0.1, 0.15) is 43.5 Å². The Morgan fingerprint density at radius 1 is 1.04 bits per heavy atom. The molecule has 0 radical (unpaired) electrons. The molecular weight excluding hydrogens is 340 g/mol. The minimum Gasteiger partial charge on any atom is -0.494 e. The SMILES string of the molecule is CCOc1ccc(Nc2nnc(Cc3ccc(C(C)C)cc3)c(=O)[nH]2)cc1. The molecule has 0 aliphatic heterocycles. The Morgan fingerprint density at radius 2 is 1.74 bits per heavy atom. The third-order valence-electron chi connectivity index (χ3n) is 4.21. The van der Waals surface area contributed by atoms with Crippen molar-refractivity contribution in [3.63, 3.8) is 0 Å². The summed E-state index contributed by atoms with van der Waals surface area (Å²) in [5.41, 5.74) is 3.25. The van der Waals surface area contributed by atoms with Gasteiger partial charge in [-0.25, -0.2) is 0 Å². The topological polar surface area (TPSA) is 79.9 Å². The van der Waals surface area contributed by atoms with Gasteiger partial charge in [0.2, 0.25) is 5.95 Å². The molecule has 6 heteroatoms. The average molecular weight is 364 g/mol. The van der Waals surface area contributed by atoms with Crippen molar-refractivity contribution in [2.75, 3.05) is 11.9 Å². The smallest absolute Gasteiger partial charge is 0.274 e. The summed E-state index contributed by atoms with van der Waals surface area (Å²) >= 11 is 0. The first-order chi connectivity index (χ1) is 13.0. The second kappa shape index (κ2) is 8.49. The summed E-state index contributed by atoms with van der Waals surface area (Å²) in [7, 11) is 0. The van der Waals surface area contributed by atoms with E-state index in [-0.39, 0.29) is 5.56 Å². The van der Waals surface area contributed by atoms with Crippen LogP contribution in [0.2, 0.25) is 0 Å². The van der Waals surface area contributed by atoms with Crippen LogP contribution in [0.4, 0.5) is 11.6 Å². The first-order valence-electron chi connectivity index (χ1n) is 9.09. The van der Waals surface area contributed by atoms with E-state index < -0.39 is 0 Å². The molecule has 2 N–H and O–H groups in total. The van der Waals surface area contributed by atoms with E-state index in [2.05, 4.69) is 46.5 Å². The van der Waals surface area contributed by atoms with Crippen molar-refractivity contribution in [3.05, 3.63) is 75.7 Å². The summed E-state index contributed by atoms with van der Waals surface area (Å²) in [4.78, 5) is 15.1. The van der Waals surface area contributed by atoms with Gasteiger partial charge in [0.05, 0.1) is 6.61 Å². The molecule has 0 atom stereocenters. The van der Waals surface area contributed by atoms with Crippen molar-refractivity contribution in [2.45, 2.75) is 33.1 Å². The standard InChI is InChI=1S/C21H24N4O2/c1-4-27-18-11-9-17(10-12-18)22-21-23-20(26)19(24-25-21)13-15-5-7-16(8-6-15)14(2)3/h5-12,14H,4,13H2,1-3H3,(H2,22,23,25,26). The Bertz CT molecular complexity index is 932. The molecule has 2 aromatic carbocycles. The lowest BCUT2D eigenvalue weighted by Gasteiger charge is -2.08. The fourth-order valence-electron chi connectivity index (χ4n) is 2.68. The van der Waals surface area contributed by atoms with Gasteiger partial charge in [-0.05, 0) is 48.2 Å². The maximum absolute atomic E-state index is 12.3. The van der Waals surface area contributed by atoms with Gasteiger partial charge in [-0.15, -0.1) is 10.2 Å². The second-order valence-corrected chi connectivity index (χ2v) is 6.60. The van der Waals surface area contributed by atoms with Gasteiger partial charge < -0.3 is 10.1 Å². The molecule has 0 spiro atoms. The molecule has 0 aliphatic rings. The molecule has 0 amide bonds. The highest BCUT2D eigenvalue weighted by molar-refractivity contribution is 5.54. The van der Waals surface area contributed by atoms with E-state index >= 15 is 0 Å². The van der Waals surface area contributed by atoms with Crippen LogP contribution in [-0.4, -0.2) is 21.8 Å². The molecule has 0 unspecified atom stereocenters. The van der Waals surface area contributed by atoms with E-state index in [1.165, 1.54) is 5.56 Å². The highest BCUT2D eigenvalue weighted by Crippen LogP contribution is 2.18. The summed E-state index contributed by atoms with van der Waals surface area (Å²) in [6.07, 6.45) is 0.448. The van der Waals surface area contributed by atoms with Gasteiger partial charge in [0, 0.05) is 12.1 Å². The number of nitrogens with zero attached hydrogens (tertiary/aromatic N) is 2. The number of hydrogen-bond donors (Lipinski definition) is 2. The summed E-state index contributed by atoms with van der Waals surface area (Å²) in [5.74, 6) is 1.58. The van der Waals surface area contributed by atoms with Crippen molar-refractivity contribution in [1.82, 2.24) is 15.2 Å². The van der Waals surface area contributed by atoms with E-state index in [0.717, 1.165) is 17.0 Å². The molecule has 1 heterocycles. The molecule has 27 heavy (non-hydrogen) atoms. The summed E-state index contributed by atoms with van der Waals surface area (Å²) in [6.45, 7) is 6.86. The summed E-state index contributed by atoms with van der Waals surface area (Å²) < 4.78 is 5.41. The van der Waals surface area contributed by atoms with E-state index in [1.807, 2.05) is 43.3 Å². The van der Waals surface area contributed by atoms with Crippen LogP contribution in [-0.2, 0) is 6.42 Å².